The number of thioether (sulfide) groups is 1. The van der Waals surface area contributed by atoms with Crippen molar-refractivity contribution in [1.29, 1.82) is 0 Å². The van der Waals surface area contributed by atoms with Gasteiger partial charge in [0.2, 0.25) is 5.91 Å². The Morgan fingerprint density at radius 1 is 1.13 bits per heavy atom. The third-order valence-electron chi connectivity index (χ3n) is 4.58. The molecule has 0 spiro atoms. The number of hydrogen-bond donors (Lipinski definition) is 0. The Balaban J connectivity index is 1.55. The first-order valence-corrected chi connectivity index (χ1v) is 10.6. The molecule has 0 N–H and O–H groups in total. The number of aromatic nitrogens is 4. The van der Waals surface area contributed by atoms with Gasteiger partial charge in [-0.3, -0.25) is 9.36 Å². The molecular formula is C22H20FN5O2S. The Labute approximate surface area is 182 Å². The van der Waals surface area contributed by atoms with E-state index in [-0.39, 0.29) is 17.5 Å². The molecule has 0 aliphatic heterocycles. The highest BCUT2D eigenvalue weighted by atomic mass is 32.2. The largest absolute Gasteiger partial charge is 0.361 e. The lowest BCUT2D eigenvalue weighted by Crippen LogP contribution is -2.28. The van der Waals surface area contributed by atoms with Gasteiger partial charge in [0.15, 0.2) is 11.0 Å². The molecule has 0 fully saturated rings. The quantitative estimate of drug-likeness (QED) is 0.405. The lowest BCUT2D eigenvalue weighted by atomic mass is 10.2. The van der Waals surface area contributed by atoms with Crippen LogP contribution in [-0.4, -0.2) is 43.5 Å². The lowest BCUT2D eigenvalue weighted by Gasteiger charge is -2.15. The van der Waals surface area contributed by atoms with E-state index in [1.807, 2.05) is 41.8 Å². The number of rotatable bonds is 7. The van der Waals surface area contributed by atoms with Gasteiger partial charge in [-0.15, -0.1) is 10.2 Å². The van der Waals surface area contributed by atoms with Crippen molar-refractivity contribution in [3.8, 4) is 17.1 Å². The normalized spacial score (nSPS) is 10.9. The second-order valence-electron chi connectivity index (χ2n) is 6.95. The number of nitrogens with zero attached hydrogens (tertiary/aromatic N) is 5. The number of para-hydroxylation sites is 1. The number of halogens is 1. The summed E-state index contributed by atoms with van der Waals surface area (Å²) in [6.45, 7) is 2.17. The monoisotopic (exact) mass is 437 g/mol. The van der Waals surface area contributed by atoms with Gasteiger partial charge in [-0.05, 0) is 43.3 Å². The number of carbonyl (C=O) groups excluding carboxylic acids is 1. The molecule has 4 rings (SSSR count). The summed E-state index contributed by atoms with van der Waals surface area (Å²) in [5.74, 6) is 1.07. The molecule has 1 amide bonds. The summed E-state index contributed by atoms with van der Waals surface area (Å²) in [7, 11) is 1.72. The molecule has 2 aromatic carbocycles. The number of aryl methyl sites for hydroxylation is 1. The minimum absolute atomic E-state index is 0.0726. The fraction of sp³-hybridized carbons (Fsp3) is 0.182. The van der Waals surface area contributed by atoms with Crippen LogP contribution in [0.1, 0.15) is 11.5 Å². The summed E-state index contributed by atoms with van der Waals surface area (Å²) >= 11 is 1.29. The Morgan fingerprint density at radius 3 is 2.55 bits per heavy atom. The molecule has 0 radical (unpaired) electrons. The first kappa shape index (κ1) is 20.8. The summed E-state index contributed by atoms with van der Waals surface area (Å²) in [6, 6.07) is 17.5. The zero-order chi connectivity index (χ0) is 21.8. The molecule has 0 bridgehead atoms. The van der Waals surface area contributed by atoms with E-state index < -0.39 is 0 Å². The molecule has 7 nitrogen and oxygen atoms in total. The summed E-state index contributed by atoms with van der Waals surface area (Å²) in [5.41, 5.74) is 2.28. The van der Waals surface area contributed by atoms with Crippen LogP contribution >= 0.6 is 11.8 Å². The van der Waals surface area contributed by atoms with E-state index in [1.54, 1.807) is 30.1 Å². The van der Waals surface area contributed by atoms with Crippen molar-refractivity contribution < 1.29 is 13.7 Å². The Morgan fingerprint density at radius 2 is 1.87 bits per heavy atom. The van der Waals surface area contributed by atoms with Crippen molar-refractivity contribution in [2.45, 2.75) is 18.6 Å². The van der Waals surface area contributed by atoms with Crippen molar-refractivity contribution in [3.05, 3.63) is 77.9 Å². The van der Waals surface area contributed by atoms with Crippen molar-refractivity contribution in [2.24, 2.45) is 0 Å². The van der Waals surface area contributed by atoms with E-state index in [9.17, 15) is 9.18 Å². The van der Waals surface area contributed by atoms with Crippen molar-refractivity contribution >= 4 is 17.7 Å². The maximum absolute atomic E-state index is 13.4. The zero-order valence-electron chi connectivity index (χ0n) is 17.0. The van der Waals surface area contributed by atoms with Gasteiger partial charge >= 0.3 is 0 Å². The molecule has 0 unspecified atom stereocenters. The predicted molar refractivity (Wildman–Crippen MR) is 115 cm³/mol. The van der Waals surface area contributed by atoms with E-state index in [2.05, 4.69) is 15.4 Å². The molecule has 0 aliphatic carbocycles. The minimum atomic E-state index is -0.319. The highest BCUT2D eigenvalue weighted by Gasteiger charge is 2.19. The summed E-state index contributed by atoms with van der Waals surface area (Å²) < 4.78 is 20.3. The van der Waals surface area contributed by atoms with E-state index >= 15 is 0 Å². The van der Waals surface area contributed by atoms with E-state index in [1.165, 1.54) is 23.9 Å². The van der Waals surface area contributed by atoms with Gasteiger partial charge in [0, 0.05) is 24.4 Å². The Bertz CT molecular complexity index is 1170. The maximum atomic E-state index is 13.4. The number of hydrogen-bond acceptors (Lipinski definition) is 6. The molecule has 2 heterocycles. The standard InChI is InChI=1S/C22H20FN5O2S/c1-15-12-18(26-30-15)13-27(2)20(29)14-31-22-25-24-21(16-8-10-17(23)11-9-16)28(22)19-6-4-3-5-7-19/h3-12H,13-14H2,1-2H3. The Kier molecular flexibility index (Phi) is 6.13. The second kappa shape index (κ2) is 9.13. The summed E-state index contributed by atoms with van der Waals surface area (Å²) in [5, 5.41) is 13.1. The summed E-state index contributed by atoms with van der Waals surface area (Å²) in [6.07, 6.45) is 0. The van der Waals surface area contributed by atoms with Crippen molar-refractivity contribution in [2.75, 3.05) is 12.8 Å². The van der Waals surface area contributed by atoms with E-state index in [0.29, 0.717) is 29.0 Å². The van der Waals surface area contributed by atoms with Crippen LogP contribution in [-0.2, 0) is 11.3 Å². The molecule has 0 saturated heterocycles. The topological polar surface area (TPSA) is 77.1 Å². The molecule has 158 valence electrons. The van der Waals surface area contributed by atoms with Crippen LogP contribution in [0.4, 0.5) is 4.39 Å². The zero-order valence-corrected chi connectivity index (χ0v) is 17.8. The van der Waals surface area contributed by atoms with Crippen molar-refractivity contribution in [1.82, 2.24) is 24.8 Å². The van der Waals surface area contributed by atoms with Crippen molar-refractivity contribution in [3.63, 3.8) is 0 Å². The van der Waals surface area contributed by atoms with Crippen LogP contribution in [0.5, 0.6) is 0 Å². The maximum Gasteiger partial charge on any atom is 0.233 e. The number of benzene rings is 2. The molecule has 0 atom stereocenters. The molecular weight excluding hydrogens is 417 g/mol. The van der Waals surface area contributed by atoms with Crippen LogP contribution < -0.4 is 0 Å². The van der Waals surface area contributed by atoms with Crippen LogP contribution in [0.2, 0.25) is 0 Å². The molecule has 0 aliphatic rings. The van der Waals surface area contributed by atoms with Crippen LogP contribution in [0.15, 0.2) is 70.3 Å². The molecule has 9 heteroatoms. The van der Waals surface area contributed by atoms with Gasteiger partial charge in [-0.2, -0.15) is 0 Å². The average molecular weight is 438 g/mol. The average Bonchev–Trinajstić information content (AvgIpc) is 3.39. The summed E-state index contributed by atoms with van der Waals surface area (Å²) in [4.78, 5) is 14.2. The predicted octanol–water partition coefficient (Wildman–Crippen LogP) is 4.12. The van der Waals surface area contributed by atoms with Gasteiger partial charge in [0.25, 0.3) is 0 Å². The van der Waals surface area contributed by atoms with Gasteiger partial charge in [0.1, 0.15) is 17.3 Å². The van der Waals surface area contributed by atoms with Gasteiger partial charge in [-0.25, -0.2) is 4.39 Å². The van der Waals surface area contributed by atoms with Crippen LogP contribution in [0.25, 0.3) is 17.1 Å². The molecule has 4 aromatic rings. The number of amides is 1. The van der Waals surface area contributed by atoms with Gasteiger partial charge in [0.05, 0.1) is 12.3 Å². The second-order valence-corrected chi connectivity index (χ2v) is 7.89. The molecule has 2 aromatic heterocycles. The third kappa shape index (κ3) is 4.83. The van der Waals surface area contributed by atoms with E-state index in [4.69, 9.17) is 4.52 Å². The SMILES string of the molecule is Cc1cc(CN(C)C(=O)CSc2nnc(-c3ccc(F)cc3)n2-c2ccccc2)no1. The molecule has 31 heavy (non-hydrogen) atoms. The minimum Gasteiger partial charge on any atom is -0.361 e. The fourth-order valence-corrected chi connectivity index (χ4v) is 3.91. The Hall–Kier alpha value is -3.46. The molecule has 0 saturated carbocycles. The third-order valence-corrected chi connectivity index (χ3v) is 5.49. The first-order chi connectivity index (χ1) is 15.0. The number of carbonyl (C=O) groups is 1. The van der Waals surface area contributed by atoms with Crippen LogP contribution in [0.3, 0.4) is 0 Å². The highest BCUT2D eigenvalue weighted by Crippen LogP contribution is 2.28. The lowest BCUT2D eigenvalue weighted by molar-refractivity contribution is -0.127. The van der Waals surface area contributed by atoms with Gasteiger partial charge < -0.3 is 9.42 Å². The van der Waals surface area contributed by atoms with E-state index in [0.717, 1.165) is 11.3 Å². The first-order valence-electron chi connectivity index (χ1n) is 9.57. The van der Waals surface area contributed by atoms with Crippen LogP contribution in [0, 0.1) is 12.7 Å². The smallest absolute Gasteiger partial charge is 0.233 e. The van der Waals surface area contributed by atoms with Gasteiger partial charge in [-0.1, -0.05) is 35.1 Å². The highest BCUT2D eigenvalue weighted by molar-refractivity contribution is 7.99. The fourth-order valence-electron chi connectivity index (χ4n) is 3.02.